The van der Waals surface area contributed by atoms with Gasteiger partial charge in [-0.15, -0.1) is 0 Å². The molecule has 0 spiro atoms. The second-order valence-electron chi connectivity index (χ2n) is 3.48. The Morgan fingerprint density at radius 1 is 1.56 bits per heavy atom. The number of carbonyl (C=O) groups excluding carboxylic acids is 1. The van der Waals surface area contributed by atoms with Gasteiger partial charge in [-0.1, -0.05) is 6.08 Å². The molecule has 0 saturated carbocycles. The van der Waals surface area contributed by atoms with Gasteiger partial charge in [0.15, 0.2) is 0 Å². The zero-order valence-electron chi connectivity index (χ0n) is 10.2. The molecule has 5 nitrogen and oxygen atoms in total. The van der Waals surface area contributed by atoms with Gasteiger partial charge in [-0.05, 0) is 14.0 Å². The number of hydrogen-bond acceptors (Lipinski definition) is 5. The zero-order chi connectivity index (χ0) is 12.4. The maximum absolute atomic E-state index is 11.0. The molecule has 0 heterocycles. The van der Waals surface area contributed by atoms with Crippen molar-refractivity contribution in [3.05, 3.63) is 12.2 Å². The highest BCUT2D eigenvalue weighted by Crippen LogP contribution is 1.91. The van der Waals surface area contributed by atoms with E-state index in [9.17, 15) is 9.90 Å². The van der Waals surface area contributed by atoms with E-state index in [0.717, 1.165) is 0 Å². The quantitative estimate of drug-likeness (QED) is 0.472. The van der Waals surface area contributed by atoms with Gasteiger partial charge >= 0.3 is 5.97 Å². The van der Waals surface area contributed by atoms with Crippen molar-refractivity contribution in [1.29, 1.82) is 0 Å². The Labute approximate surface area is 96.6 Å². The van der Waals surface area contributed by atoms with E-state index in [4.69, 9.17) is 9.47 Å². The van der Waals surface area contributed by atoms with Crippen LogP contribution in [0, 0.1) is 0 Å². The SMILES string of the molecule is CCOC(=O)/C=C/CN(C)CC(O)COC. The van der Waals surface area contributed by atoms with E-state index in [-0.39, 0.29) is 5.97 Å². The summed E-state index contributed by atoms with van der Waals surface area (Å²) in [5.74, 6) is -0.340. The Hall–Kier alpha value is -0.910. The van der Waals surface area contributed by atoms with Crippen LogP contribution in [-0.2, 0) is 14.3 Å². The van der Waals surface area contributed by atoms with Crippen molar-refractivity contribution >= 4 is 5.97 Å². The number of hydrogen-bond donors (Lipinski definition) is 1. The number of aliphatic hydroxyl groups excluding tert-OH is 1. The molecular weight excluding hydrogens is 210 g/mol. The number of carbonyl (C=O) groups is 1. The first kappa shape index (κ1) is 15.1. The molecule has 16 heavy (non-hydrogen) atoms. The second-order valence-corrected chi connectivity index (χ2v) is 3.48. The number of esters is 1. The van der Waals surface area contributed by atoms with Crippen LogP contribution in [0.3, 0.4) is 0 Å². The van der Waals surface area contributed by atoms with Crippen LogP contribution in [0.5, 0.6) is 0 Å². The highest BCUT2D eigenvalue weighted by Gasteiger charge is 2.06. The molecule has 1 unspecified atom stereocenters. The molecular formula is C11H21NO4. The molecule has 0 aromatic carbocycles. The number of methoxy groups -OCH3 is 1. The first-order valence-electron chi connectivity index (χ1n) is 5.29. The molecule has 1 atom stereocenters. The van der Waals surface area contributed by atoms with Crippen LogP contribution in [0.2, 0.25) is 0 Å². The van der Waals surface area contributed by atoms with E-state index in [1.54, 1.807) is 20.1 Å². The Morgan fingerprint density at radius 3 is 2.81 bits per heavy atom. The molecule has 0 rings (SSSR count). The zero-order valence-corrected chi connectivity index (χ0v) is 10.2. The van der Waals surface area contributed by atoms with Crippen LogP contribution < -0.4 is 0 Å². The molecule has 0 amide bonds. The number of nitrogens with zero attached hydrogens (tertiary/aromatic N) is 1. The van der Waals surface area contributed by atoms with E-state index in [1.165, 1.54) is 6.08 Å². The van der Waals surface area contributed by atoms with Crippen LogP contribution in [-0.4, -0.2) is 62.5 Å². The number of ether oxygens (including phenoxy) is 2. The first-order chi connectivity index (χ1) is 7.60. The first-order valence-corrected chi connectivity index (χ1v) is 5.29. The van der Waals surface area contributed by atoms with Gasteiger partial charge < -0.3 is 19.5 Å². The van der Waals surface area contributed by atoms with Gasteiger partial charge in [0, 0.05) is 26.3 Å². The number of rotatable bonds is 8. The average molecular weight is 231 g/mol. The van der Waals surface area contributed by atoms with Crippen molar-refractivity contribution < 1.29 is 19.4 Å². The van der Waals surface area contributed by atoms with Gasteiger partial charge in [-0.2, -0.15) is 0 Å². The fraction of sp³-hybridized carbons (Fsp3) is 0.727. The minimum absolute atomic E-state index is 0.311. The van der Waals surface area contributed by atoms with Crippen LogP contribution in [0.15, 0.2) is 12.2 Å². The van der Waals surface area contributed by atoms with Crippen molar-refractivity contribution in [3.63, 3.8) is 0 Å². The molecule has 0 aromatic rings. The third kappa shape index (κ3) is 8.40. The van der Waals surface area contributed by atoms with Crippen molar-refractivity contribution in [1.82, 2.24) is 4.90 Å². The lowest BCUT2D eigenvalue weighted by Crippen LogP contribution is -2.32. The summed E-state index contributed by atoms with van der Waals surface area (Å²) in [5, 5.41) is 9.43. The molecule has 94 valence electrons. The Morgan fingerprint density at radius 2 is 2.25 bits per heavy atom. The fourth-order valence-corrected chi connectivity index (χ4v) is 1.20. The minimum atomic E-state index is -0.508. The predicted molar refractivity (Wildman–Crippen MR) is 61.2 cm³/mol. The van der Waals surface area contributed by atoms with Crippen molar-refractivity contribution in [2.24, 2.45) is 0 Å². The highest BCUT2D eigenvalue weighted by molar-refractivity contribution is 5.81. The molecule has 0 aromatic heterocycles. The molecule has 0 aliphatic carbocycles. The van der Waals surface area contributed by atoms with E-state index in [2.05, 4.69) is 0 Å². The van der Waals surface area contributed by atoms with Crippen LogP contribution in [0.4, 0.5) is 0 Å². The summed E-state index contributed by atoms with van der Waals surface area (Å²) >= 11 is 0. The summed E-state index contributed by atoms with van der Waals surface area (Å²) in [4.78, 5) is 12.8. The third-order valence-corrected chi connectivity index (χ3v) is 1.84. The van der Waals surface area contributed by atoms with Crippen molar-refractivity contribution in [2.75, 3.05) is 40.5 Å². The Balaban J connectivity index is 3.71. The summed E-state index contributed by atoms with van der Waals surface area (Å²) in [5.41, 5.74) is 0. The lowest BCUT2D eigenvalue weighted by atomic mass is 10.3. The molecule has 0 radical (unpaired) electrons. The lowest BCUT2D eigenvalue weighted by Gasteiger charge is -2.18. The molecule has 0 bridgehead atoms. The van der Waals surface area contributed by atoms with Gasteiger partial charge in [0.2, 0.25) is 0 Å². The number of likely N-dealkylation sites (N-methyl/N-ethyl adjacent to an activating group) is 1. The maximum Gasteiger partial charge on any atom is 0.330 e. The molecule has 0 fully saturated rings. The smallest absolute Gasteiger partial charge is 0.330 e. The average Bonchev–Trinajstić information content (AvgIpc) is 2.18. The highest BCUT2D eigenvalue weighted by atomic mass is 16.5. The fourth-order valence-electron chi connectivity index (χ4n) is 1.20. The van der Waals surface area contributed by atoms with Gasteiger partial charge in [-0.25, -0.2) is 4.79 Å². The van der Waals surface area contributed by atoms with E-state index in [0.29, 0.717) is 26.3 Å². The Kier molecular flexibility index (Phi) is 8.80. The molecule has 0 saturated heterocycles. The summed E-state index contributed by atoms with van der Waals surface area (Å²) < 4.78 is 9.54. The van der Waals surface area contributed by atoms with Gasteiger partial charge in [0.25, 0.3) is 0 Å². The summed E-state index contributed by atoms with van der Waals surface area (Å²) in [6, 6.07) is 0. The van der Waals surface area contributed by atoms with E-state index < -0.39 is 6.10 Å². The van der Waals surface area contributed by atoms with E-state index in [1.807, 2.05) is 11.9 Å². The van der Waals surface area contributed by atoms with Gasteiger partial charge in [0.05, 0.1) is 19.3 Å². The third-order valence-electron chi connectivity index (χ3n) is 1.84. The second kappa shape index (κ2) is 9.33. The van der Waals surface area contributed by atoms with E-state index >= 15 is 0 Å². The molecule has 5 heteroatoms. The predicted octanol–water partition coefficient (Wildman–Crippen LogP) is 0.0448. The van der Waals surface area contributed by atoms with Crippen LogP contribution in [0.25, 0.3) is 0 Å². The van der Waals surface area contributed by atoms with Crippen molar-refractivity contribution in [2.45, 2.75) is 13.0 Å². The van der Waals surface area contributed by atoms with Crippen LogP contribution in [0.1, 0.15) is 6.92 Å². The summed E-state index contributed by atoms with van der Waals surface area (Å²) in [7, 11) is 3.40. The lowest BCUT2D eigenvalue weighted by molar-refractivity contribution is -0.137. The molecule has 0 aliphatic heterocycles. The topological polar surface area (TPSA) is 59.0 Å². The standard InChI is InChI=1S/C11H21NO4/c1-4-16-11(14)6-5-7-12(2)8-10(13)9-15-3/h5-6,10,13H,4,7-9H2,1-3H3/b6-5+. The van der Waals surface area contributed by atoms with Crippen LogP contribution >= 0.6 is 0 Å². The molecule has 1 N–H and O–H groups in total. The number of aliphatic hydroxyl groups is 1. The summed E-state index contributed by atoms with van der Waals surface area (Å²) in [6.07, 6.45) is 2.59. The maximum atomic E-state index is 11.0. The van der Waals surface area contributed by atoms with Gasteiger partial charge in [-0.3, -0.25) is 0 Å². The summed E-state index contributed by atoms with van der Waals surface area (Å²) in [6.45, 7) is 3.54. The monoisotopic (exact) mass is 231 g/mol. The van der Waals surface area contributed by atoms with Crippen molar-refractivity contribution in [3.8, 4) is 0 Å². The molecule has 0 aliphatic rings. The largest absolute Gasteiger partial charge is 0.463 e. The van der Waals surface area contributed by atoms with Gasteiger partial charge in [0.1, 0.15) is 0 Å². The normalized spacial score (nSPS) is 13.3. The Bertz CT molecular complexity index is 218. The minimum Gasteiger partial charge on any atom is -0.463 e.